The van der Waals surface area contributed by atoms with E-state index in [1.54, 1.807) is 37.3 Å². The number of carbonyl (C=O) groups excluding carboxylic acids is 2. The van der Waals surface area contributed by atoms with Gasteiger partial charge >= 0.3 is 0 Å². The molecule has 0 aliphatic heterocycles. The Hall–Kier alpha value is -3.43. The molecule has 3 aromatic rings. The van der Waals surface area contributed by atoms with Gasteiger partial charge in [-0.3, -0.25) is 13.9 Å². The molecule has 10 heteroatoms. The molecular weight excluding hydrogens is 517 g/mol. The number of sulfonamides is 1. The van der Waals surface area contributed by atoms with Crippen LogP contribution in [0.4, 0.5) is 10.1 Å². The highest BCUT2D eigenvalue weighted by molar-refractivity contribution is 7.92. The highest BCUT2D eigenvalue weighted by Gasteiger charge is 2.32. The molecule has 0 bridgehead atoms. The maximum atomic E-state index is 14.5. The summed E-state index contributed by atoms with van der Waals surface area (Å²) in [6.07, 6.45) is 0. The van der Waals surface area contributed by atoms with E-state index in [-0.39, 0.29) is 22.7 Å². The van der Waals surface area contributed by atoms with Gasteiger partial charge in [-0.1, -0.05) is 53.6 Å². The third kappa shape index (κ3) is 6.47. The summed E-state index contributed by atoms with van der Waals surface area (Å²) in [7, 11) is -2.79. The lowest BCUT2D eigenvalue weighted by molar-refractivity contribution is -0.139. The second-order valence-electron chi connectivity index (χ2n) is 8.66. The fraction of sp³-hybridized carbons (Fsp3) is 0.259. The van der Waals surface area contributed by atoms with Crippen LogP contribution in [0.25, 0.3) is 0 Å². The predicted molar refractivity (Wildman–Crippen MR) is 142 cm³/mol. The van der Waals surface area contributed by atoms with Gasteiger partial charge in [0.1, 0.15) is 18.4 Å². The van der Waals surface area contributed by atoms with E-state index in [1.807, 2.05) is 6.92 Å². The van der Waals surface area contributed by atoms with Crippen LogP contribution in [0.2, 0.25) is 5.02 Å². The minimum atomic E-state index is -4.21. The molecule has 0 aliphatic carbocycles. The fourth-order valence-electron chi connectivity index (χ4n) is 3.70. The van der Waals surface area contributed by atoms with Crippen molar-refractivity contribution in [2.75, 3.05) is 17.9 Å². The average molecular weight is 546 g/mol. The normalized spacial score (nSPS) is 12.1. The number of halogens is 2. The summed E-state index contributed by atoms with van der Waals surface area (Å²) in [6, 6.07) is 15.8. The Bertz CT molecular complexity index is 1400. The number of aryl methyl sites for hydroxylation is 2. The first-order chi connectivity index (χ1) is 17.4. The van der Waals surface area contributed by atoms with E-state index in [0.717, 1.165) is 20.3 Å². The zero-order chi connectivity index (χ0) is 27.3. The third-order valence-corrected chi connectivity index (χ3v) is 8.24. The maximum Gasteiger partial charge on any atom is 0.264 e. The molecule has 1 N–H and O–H groups in total. The Kier molecular flexibility index (Phi) is 8.94. The Morgan fingerprint density at radius 2 is 1.68 bits per heavy atom. The van der Waals surface area contributed by atoms with Crippen LogP contribution >= 0.6 is 11.6 Å². The van der Waals surface area contributed by atoms with Crippen molar-refractivity contribution in [2.24, 2.45) is 0 Å². The topological polar surface area (TPSA) is 86.8 Å². The molecule has 1 unspecified atom stereocenters. The molecule has 0 spiro atoms. The zero-order valence-corrected chi connectivity index (χ0v) is 22.6. The lowest BCUT2D eigenvalue weighted by Gasteiger charge is -2.32. The minimum Gasteiger partial charge on any atom is -0.357 e. The molecule has 7 nitrogen and oxygen atoms in total. The number of amides is 2. The van der Waals surface area contributed by atoms with Gasteiger partial charge in [-0.2, -0.15) is 0 Å². The van der Waals surface area contributed by atoms with Gasteiger partial charge in [-0.05, 0) is 56.7 Å². The van der Waals surface area contributed by atoms with Gasteiger partial charge in [-0.15, -0.1) is 0 Å². The summed E-state index contributed by atoms with van der Waals surface area (Å²) >= 11 is 6.30. The third-order valence-electron chi connectivity index (χ3n) is 6.04. The molecule has 0 aromatic heterocycles. The fourth-order valence-corrected chi connectivity index (χ4v) is 5.29. The summed E-state index contributed by atoms with van der Waals surface area (Å²) in [5.74, 6) is -1.71. The Balaban J connectivity index is 2.07. The monoisotopic (exact) mass is 545 g/mol. The van der Waals surface area contributed by atoms with E-state index in [1.165, 1.54) is 50.4 Å². The summed E-state index contributed by atoms with van der Waals surface area (Å²) in [4.78, 5) is 27.3. The van der Waals surface area contributed by atoms with Gasteiger partial charge in [0.15, 0.2) is 0 Å². The number of hydrogen-bond donors (Lipinski definition) is 1. The van der Waals surface area contributed by atoms with Gasteiger partial charge < -0.3 is 10.2 Å². The van der Waals surface area contributed by atoms with Crippen LogP contribution in [0.15, 0.2) is 71.6 Å². The van der Waals surface area contributed by atoms with Gasteiger partial charge in [-0.25, -0.2) is 12.8 Å². The largest absolute Gasteiger partial charge is 0.357 e. The van der Waals surface area contributed by atoms with E-state index < -0.39 is 40.2 Å². The number of anilines is 1. The molecule has 2 amide bonds. The number of rotatable bonds is 9. The molecule has 37 heavy (non-hydrogen) atoms. The van der Waals surface area contributed by atoms with Crippen LogP contribution in [-0.4, -0.2) is 44.8 Å². The molecule has 0 heterocycles. The minimum absolute atomic E-state index is 0.0115. The van der Waals surface area contributed by atoms with E-state index >= 15 is 0 Å². The number of benzene rings is 3. The van der Waals surface area contributed by atoms with Crippen molar-refractivity contribution in [3.05, 3.63) is 94.3 Å². The number of nitrogens with zero attached hydrogens (tertiary/aromatic N) is 2. The van der Waals surface area contributed by atoms with Crippen LogP contribution < -0.4 is 9.62 Å². The predicted octanol–water partition coefficient (Wildman–Crippen LogP) is 4.45. The molecule has 3 rings (SSSR count). The SMILES string of the molecule is CNC(=O)C(C)N(Cc1ccccc1F)C(=O)CN(c1ccc(C)c(Cl)c1)S(=O)(=O)c1ccc(C)cc1. The summed E-state index contributed by atoms with van der Waals surface area (Å²) in [5, 5.41) is 2.81. The standard InChI is InChI=1S/C27H29ClFN3O4S/c1-18-9-13-23(14-10-18)37(35,36)32(22-12-11-19(2)24(28)15-22)17-26(33)31(20(3)27(34)30-4)16-21-7-5-6-8-25(21)29/h5-15,20H,16-17H2,1-4H3,(H,30,34). The van der Waals surface area contributed by atoms with E-state index in [4.69, 9.17) is 11.6 Å². The number of nitrogens with one attached hydrogen (secondary N) is 1. The summed E-state index contributed by atoms with van der Waals surface area (Å²) in [5.41, 5.74) is 1.98. The molecular formula is C27H29ClFN3O4S. The second kappa shape index (κ2) is 11.7. The number of likely N-dealkylation sites (N-methyl/N-ethyl adjacent to an activating group) is 1. The highest BCUT2D eigenvalue weighted by atomic mass is 35.5. The van der Waals surface area contributed by atoms with Crippen molar-refractivity contribution >= 4 is 39.1 Å². The van der Waals surface area contributed by atoms with Gasteiger partial charge in [0, 0.05) is 24.2 Å². The zero-order valence-electron chi connectivity index (χ0n) is 21.0. The average Bonchev–Trinajstić information content (AvgIpc) is 2.87. The van der Waals surface area contributed by atoms with Crippen molar-refractivity contribution in [3.8, 4) is 0 Å². The van der Waals surface area contributed by atoms with E-state index in [2.05, 4.69) is 5.32 Å². The van der Waals surface area contributed by atoms with Gasteiger partial charge in [0.2, 0.25) is 11.8 Å². The quantitative estimate of drug-likeness (QED) is 0.430. The molecule has 0 saturated carbocycles. The van der Waals surface area contributed by atoms with E-state index in [9.17, 15) is 22.4 Å². The van der Waals surface area contributed by atoms with Crippen LogP contribution in [0.1, 0.15) is 23.6 Å². The number of hydrogen-bond acceptors (Lipinski definition) is 4. The maximum absolute atomic E-state index is 14.5. The highest BCUT2D eigenvalue weighted by Crippen LogP contribution is 2.29. The second-order valence-corrected chi connectivity index (χ2v) is 10.9. The summed E-state index contributed by atoms with van der Waals surface area (Å²) < 4.78 is 42.9. The number of carbonyl (C=O) groups is 2. The van der Waals surface area contributed by atoms with Crippen molar-refractivity contribution in [2.45, 2.75) is 38.3 Å². The Labute approximate surface area is 221 Å². The molecule has 196 valence electrons. The Morgan fingerprint density at radius 1 is 1.03 bits per heavy atom. The van der Waals surface area contributed by atoms with Gasteiger partial charge in [0.05, 0.1) is 10.6 Å². The van der Waals surface area contributed by atoms with Crippen molar-refractivity contribution in [1.82, 2.24) is 10.2 Å². The van der Waals surface area contributed by atoms with Crippen LogP contribution in [0, 0.1) is 19.7 Å². The van der Waals surface area contributed by atoms with E-state index in [0.29, 0.717) is 5.02 Å². The van der Waals surface area contributed by atoms with Crippen LogP contribution in [0.3, 0.4) is 0 Å². The van der Waals surface area contributed by atoms with Crippen LogP contribution in [0.5, 0.6) is 0 Å². The first-order valence-electron chi connectivity index (χ1n) is 11.6. The molecule has 0 radical (unpaired) electrons. The summed E-state index contributed by atoms with van der Waals surface area (Å²) in [6.45, 7) is 4.24. The van der Waals surface area contributed by atoms with Gasteiger partial charge in [0.25, 0.3) is 10.0 Å². The van der Waals surface area contributed by atoms with Crippen LogP contribution in [-0.2, 0) is 26.2 Å². The smallest absolute Gasteiger partial charge is 0.264 e. The molecule has 0 aliphatic rings. The van der Waals surface area contributed by atoms with Crippen molar-refractivity contribution in [1.29, 1.82) is 0 Å². The van der Waals surface area contributed by atoms with Crippen molar-refractivity contribution < 1.29 is 22.4 Å². The molecule has 0 fully saturated rings. The first-order valence-corrected chi connectivity index (χ1v) is 13.4. The van der Waals surface area contributed by atoms with Crippen molar-refractivity contribution in [3.63, 3.8) is 0 Å². The molecule has 1 atom stereocenters. The molecule has 3 aromatic carbocycles. The lowest BCUT2D eigenvalue weighted by Crippen LogP contribution is -2.50. The first kappa shape index (κ1) is 28.1. The molecule has 0 saturated heterocycles. The Morgan fingerprint density at radius 3 is 2.27 bits per heavy atom. The lowest BCUT2D eigenvalue weighted by atomic mass is 10.1.